The average Bonchev–Trinajstić information content (AvgIpc) is 3.10. The van der Waals surface area contributed by atoms with Gasteiger partial charge in [0.1, 0.15) is 0 Å². The fourth-order valence-corrected chi connectivity index (χ4v) is 3.85. The number of imide groups is 1. The molecule has 0 N–H and O–H groups in total. The van der Waals surface area contributed by atoms with Crippen LogP contribution in [-0.2, 0) is 16.1 Å². The first-order valence-electron chi connectivity index (χ1n) is 7.39. The normalized spacial score (nSPS) is 13.4. The second kappa shape index (κ2) is 5.98. The van der Waals surface area contributed by atoms with Crippen molar-refractivity contribution >= 4 is 50.8 Å². The SMILES string of the molecule is O=C(Cc1csc2ccc(Cl)cc12)ON1C(=O)c2ccccc2C1=O. The van der Waals surface area contributed by atoms with Gasteiger partial charge in [-0.15, -0.1) is 11.3 Å². The molecule has 0 saturated heterocycles. The van der Waals surface area contributed by atoms with Crippen molar-refractivity contribution in [2.75, 3.05) is 0 Å². The molecule has 7 heteroatoms. The van der Waals surface area contributed by atoms with E-state index in [4.69, 9.17) is 16.4 Å². The zero-order chi connectivity index (χ0) is 17.6. The Kier molecular flexibility index (Phi) is 3.78. The van der Waals surface area contributed by atoms with E-state index in [1.54, 1.807) is 24.3 Å². The summed E-state index contributed by atoms with van der Waals surface area (Å²) in [5, 5.41) is 3.79. The third-order valence-electron chi connectivity index (χ3n) is 3.90. The van der Waals surface area contributed by atoms with Gasteiger partial charge in [-0.3, -0.25) is 9.59 Å². The van der Waals surface area contributed by atoms with Gasteiger partial charge < -0.3 is 4.84 Å². The van der Waals surface area contributed by atoms with Crippen LogP contribution in [0.5, 0.6) is 0 Å². The largest absolute Gasteiger partial charge is 0.337 e. The van der Waals surface area contributed by atoms with Gasteiger partial charge in [0.25, 0.3) is 11.8 Å². The van der Waals surface area contributed by atoms with E-state index >= 15 is 0 Å². The highest BCUT2D eigenvalue weighted by Gasteiger charge is 2.38. The maximum atomic E-state index is 12.2. The van der Waals surface area contributed by atoms with E-state index in [1.165, 1.54) is 23.5 Å². The number of fused-ring (bicyclic) bond motifs is 2. The van der Waals surface area contributed by atoms with Crippen LogP contribution in [0.25, 0.3) is 10.1 Å². The maximum absolute atomic E-state index is 12.2. The lowest BCUT2D eigenvalue weighted by Crippen LogP contribution is -2.33. The number of thiophene rings is 1. The molecular formula is C18H10ClNO4S. The molecule has 5 nitrogen and oxygen atoms in total. The predicted molar refractivity (Wildman–Crippen MR) is 93.6 cm³/mol. The minimum atomic E-state index is -0.686. The van der Waals surface area contributed by atoms with Crippen LogP contribution in [0, 0.1) is 0 Å². The van der Waals surface area contributed by atoms with Gasteiger partial charge in [-0.05, 0) is 46.7 Å². The lowest BCUT2D eigenvalue weighted by atomic mass is 10.1. The molecule has 4 rings (SSSR count). The summed E-state index contributed by atoms with van der Waals surface area (Å²) in [5.41, 5.74) is 1.20. The fourth-order valence-electron chi connectivity index (χ4n) is 2.73. The lowest BCUT2D eigenvalue weighted by Gasteiger charge is -2.12. The van der Waals surface area contributed by atoms with Crippen molar-refractivity contribution in [2.24, 2.45) is 0 Å². The Balaban J connectivity index is 1.54. The van der Waals surface area contributed by atoms with E-state index in [2.05, 4.69) is 0 Å². The van der Waals surface area contributed by atoms with Crippen LogP contribution >= 0.6 is 22.9 Å². The van der Waals surface area contributed by atoms with E-state index < -0.39 is 17.8 Å². The molecule has 0 bridgehead atoms. The molecular weight excluding hydrogens is 362 g/mol. The maximum Gasteiger partial charge on any atom is 0.337 e. The second-order valence-corrected chi connectivity index (χ2v) is 6.84. The van der Waals surface area contributed by atoms with Gasteiger partial charge in [0, 0.05) is 9.72 Å². The molecule has 0 radical (unpaired) electrons. The Morgan fingerprint density at radius 3 is 2.44 bits per heavy atom. The number of amides is 2. The highest BCUT2D eigenvalue weighted by atomic mass is 35.5. The van der Waals surface area contributed by atoms with Crippen molar-refractivity contribution in [1.29, 1.82) is 0 Å². The number of nitrogens with zero attached hydrogens (tertiary/aromatic N) is 1. The Morgan fingerprint density at radius 1 is 1.08 bits per heavy atom. The summed E-state index contributed by atoms with van der Waals surface area (Å²) in [6, 6.07) is 11.8. The minimum absolute atomic E-state index is 0.0618. The summed E-state index contributed by atoms with van der Waals surface area (Å²) in [6.45, 7) is 0. The topological polar surface area (TPSA) is 63.7 Å². The first kappa shape index (κ1) is 15.8. The number of hydrogen-bond donors (Lipinski definition) is 0. The van der Waals surface area contributed by atoms with Gasteiger partial charge in [0.05, 0.1) is 17.5 Å². The molecule has 124 valence electrons. The lowest BCUT2D eigenvalue weighted by molar-refractivity contribution is -0.167. The van der Waals surface area contributed by atoms with Gasteiger partial charge in [0.15, 0.2) is 0 Å². The number of hydrogen-bond acceptors (Lipinski definition) is 5. The summed E-state index contributed by atoms with van der Waals surface area (Å²) in [4.78, 5) is 41.7. The predicted octanol–water partition coefficient (Wildman–Crippen LogP) is 3.85. The third-order valence-corrected chi connectivity index (χ3v) is 5.15. The molecule has 0 unspecified atom stereocenters. The molecule has 2 aromatic carbocycles. The van der Waals surface area contributed by atoms with Crippen molar-refractivity contribution in [3.05, 3.63) is 69.6 Å². The van der Waals surface area contributed by atoms with Crippen LogP contribution in [-0.4, -0.2) is 22.8 Å². The second-order valence-electron chi connectivity index (χ2n) is 5.49. The van der Waals surface area contributed by atoms with Crippen molar-refractivity contribution in [1.82, 2.24) is 5.06 Å². The Morgan fingerprint density at radius 2 is 1.76 bits per heavy atom. The van der Waals surface area contributed by atoms with E-state index in [0.717, 1.165) is 15.6 Å². The fraction of sp³-hybridized carbons (Fsp3) is 0.0556. The first-order chi connectivity index (χ1) is 12.0. The van der Waals surface area contributed by atoms with Crippen LogP contribution in [0.15, 0.2) is 47.8 Å². The molecule has 0 aliphatic carbocycles. The van der Waals surface area contributed by atoms with Gasteiger partial charge in [0.2, 0.25) is 0 Å². The van der Waals surface area contributed by atoms with Gasteiger partial charge in [-0.25, -0.2) is 4.79 Å². The Labute approximate surface area is 151 Å². The minimum Gasteiger partial charge on any atom is -0.329 e. The number of benzene rings is 2. The van der Waals surface area contributed by atoms with Gasteiger partial charge in [-0.2, -0.15) is 0 Å². The number of hydroxylamine groups is 2. The monoisotopic (exact) mass is 371 g/mol. The quantitative estimate of drug-likeness (QED) is 0.656. The van der Waals surface area contributed by atoms with Gasteiger partial charge >= 0.3 is 5.97 Å². The van der Waals surface area contributed by atoms with Gasteiger partial charge in [-0.1, -0.05) is 28.8 Å². The van der Waals surface area contributed by atoms with Crippen LogP contribution in [0.1, 0.15) is 26.3 Å². The molecule has 0 spiro atoms. The molecule has 25 heavy (non-hydrogen) atoms. The molecule has 1 aliphatic heterocycles. The standard InChI is InChI=1S/C18H10ClNO4S/c19-11-5-6-15-14(8-11)10(9-25-15)7-16(21)24-20-17(22)12-3-1-2-4-13(12)18(20)23/h1-6,8-9H,7H2. The van der Waals surface area contributed by atoms with E-state index in [9.17, 15) is 14.4 Å². The Hall–Kier alpha value is -2.70. The number of rotatable bonds is 3. The highest BCUT2D eigenvalue weighted by molar-refractivity contribution is 7.17. The number of carbonyl (C=O) groups excluding carboxylic acids is 3. The van der Waals surface area contributed by atoms with Crippen molar-refractivity contribution in [3.63, 3.8) is 0 Å². The highest BCUT2D eigenvalue weighted by Crippen LogP contribution is 2.29. The first-order valence-corrected chi connectivity index (χ1v) is 8.64. The van der Waals surface area contributed by atoms with Crippen LogP contribution < -0.4 is 0 Å². The zero-order valence-corrected chi connectivity index (χ0v) is 14.3. The van der Waals surface area contributed by atoms with Crippen LogP contribution in [0.3, 0.4) is 0 Å². The summed E-state index contributed by atoms with van der Waals surface area (Å²) >= 11 is 7.49. The molecule has 2 amide bonds. The van der Waals surface area contributed by atoms with Crippen LogP contribution in [0.2, 0.25) is 5.02 Å². The molecule has 2 heterocycles. The molecule has 0 saturated carbocycles. The summed E-state index contributed by atoms with van der Waals surface area (Å²) in [6.07, 6.45) is -0.0618. The average molecular weight is 372 g/mol. The molecule has 1 aromatic heterocycles. The van der Waals surface area contributed by atoms with E-state index in [0.29, 0.717) is 10.1 Å². The molecule has 0 atom stereocenters. The van der Waals surface area contributed by atoms with Crippen molar-refractivity contribution < 1.29 is 19.2 Å². The van der Waals surface area contributed by atoms with Crippen LogP contribution in [0.4, 0.5) is 0 Å². The van der Waals surface area contributed by atoms with Crippen molar-refractivity contribution in [2.45, 2.75) is 6.42 Å². The molecule has 1 aliphatic rings. The summed E-state index contributed by atoms with van der Waals surface area (Å²) in [5.74, 6) is -1.95. The summed E-state index contributed by atoms with van der Waals surface area (Å²) in [7, 11) is 0. The zero-order valence-electron chi connectivity index (χ0n) is 12.7. The third kappa shape index (κ3) is 2.69. The Bertz CT molecular complexity index is 1010. The van der Waals surface area contributed by atoms with Crippen molar-refractivity contribution in [3.8, 4) is 0 Å². The summed E-state index contributed by atoms with van der Waals surface area (Å²) < 4.78 is 0.993. The molecule has 0 fully saturated rings. The molecule has 3 aromatic rings. The number of halogens is 1. The van der Waals surface area contributed by atoms with E-state index in [-0.39, 0.29) is 17.5 Å². The number of carbonyl (C=O) groups is 3. The van der Waals surface area contributed by atoms with E-state index in [1.807, 2.05) is 11.4 Å². The smallest absolute Gasteiger partial charge is 0.329 e.